The Morgan fingerprint density at radius 1 is 0.885 bits per heavy atom. The lowest BCUT2D eigenvalue weighted by Gasteiger charge is -2.24. The van der Waals surface area contributed by atoms with Crippen LogP contribution in [0.15, 0.2) is 78.9 Å². The number of nitrogens with zero attached hydrogens (tertiary/aromatic N) is 1. The van der Waals surface area contributed by atoms with Crippen LogP contribution in [0, 0.1) is 5.82 Å². The van der Waals surface area contributed by atoms with Crippen molar-refractivity contribution in [2.45, 2.75) is 12.7 Å². The van der Waals surface area contributed by atoms with Crippen LogP contribution in [0.3, 0.4) is 0 Å². The van der Waals surface area contributed by atoms with Gasteiger partial charge in [-0.15, -0.1) is 0 Å². The Hall–Kier alpha value is -2.98. The molecule has 0 aromatic heterocycles. The third kappa shape index (κ3) is 3.37. The average molecular weight is 346 g/mol. The van der Waals surface area contributed by atoms with Crippen LogP contribution < -0.4 is 5.32 Å². The van der Waals surface area contributed by atoms with Gasteiger partial charge < -0.3 is 5.32 Å². The number of hydrogen-bond donors (Lipinski definition) is 1. The number of rotatable bonds is 4. The molecular weight excluding hydrogens is 327 g/mol. The predicted octanol–water partition coefficient (Wildman–Crippen LogP) is 4.12. The van der Waals surface area contributed by atoms with Gasteiger partial charge in [0.05, 0.1) is 6.54 Å². The molecule has 1 atom stereocenters. The van der Waals surface area contributed by atoms with Crippen LogP contribution in [0.2, 0.25) is 0 Å². The number of benzene rings is 3. The van der Waals surface area contributed by atoms with Gasteiger partial charge >= 0.3 is 0 Å². The van der Waals surface area contributed by atoms with E-state index in [2.05, 4.69) is 41.7 Å². The van der Waals surface area contributed by atoms with Crippen molar-refractivity contribution in [3.8, 4) is 11.1 Å². The zero-order valence-electron chi connectivity index (χ0n) is 14.2. The topological polar surface area (TPSA) is 32.3 Å². The molecule has 0 radical (unpaired) electrons. The molecule has 1 aliphatic heterocycles. The highest BCUT2D eigenvalue weighted by molar-refractivity contribution is 5.80. The highest BCUT2D eigenvalue weighted by Gasteiger charge is 2.32. The highest BCUT2D eigenvalue weighted by Crippen LogP contribution is 2.27. The van der Waals surface area contributed by atoms with Gasteiger partial charge in [0.1, 0.15) is 12.0 Å². The van der Waals surface area contributed by atoms with Crippen molar-refractivity contribution in [2.24, 2.45) is 0 Å². The molecule has 3 aromatic carbocycles. The molecule has 26 heavy (non-hydrogen) atoms. The summed E-state index contributed by atoms with van der Waals surface area (Å²) in [7, 11) is 0. The normalized spacial score (nSPS) is 17.3. The molecule has 1 heterocycles. The van der Waals surface area contributed by atoms with Crippen molar-refractivity contribution in [2.75, 3.05) is 6.54 Å². The lowest BCUT2D eigenvalue weighted by atomic mass is 10.0. The number of amides is 1. The van der Waals surface area contributed by atoms with E-state index in [1.807, 2.05) is 23.1 Å². The van der Waals surface area contributed by atoms with E-state index in [0.717, 1.165) is 11.1 Å². The largest absolute Gasteiger partial charge is 0.335 e. The van der Waals surface area contributed by atoms with Crippen LogP contribution in [0.1, 0.15) is 17.3 Å². The first kappa shape index (κ1) is 16.5. The van der Waals surface area contributed by atoms with E-state index in [9.17, 15) is 9.18 Å². The minimum Gasteiger partial charge on any atom is -0.335 e. The molecule has 0 bridgehead atoms. The summed E-state index contributed by atoms with van der Waals surface area (Å²) >= 11 is 0. The Morgan fingerprint density at radius 3 is 2.27 bits per heavy atom. The Bertz CT molecular complexity index is 909. The van der Waals surface area contributed by atoms with Crippen molar-refractivity contribution in [1.29, 1.82) is 0 Å². The molecule has 130 valence electrons. The molecule has 1 saturated heterocycles. The predicted molar refractivity (Wildman–Crippen MR) is 99.6 cm³/mol. The van der Waals surface area contributed by atoms with E-state index >= 15 is 0 Å². The molecule has 0 aliphatic carbocycles. The minimum atomic E-state index is -0.433. The zero-order chi connectivity index (χ0) is 17.9. The van der Waals surface area contributed by atoms with Gasteiger partial charge in [-0.05, 0) is 22.8 Å². The van der Waals surface area contributed by atoms with Gasteiger partial charge in [-0.25, -0.2) is 4.39 Å². The van der Waals surface area contributed by atoms with Gasteiger partial charge in [-0.2, -0.15) is 0 Å². The second kappa shape index (κ2) is 7.10. The van der Waals surface area contributed by atoms with Gasteiger partial charge in [0.15, 0.2) is 0 Å². The third-order valence-corrected chi connectivity index (χ3v) is 4.66. The third-order valence-electron chi connectivity index (χ3n) is 4.66. The maximum Gasteiger partial charge on any atom is 0.235 e. The van der Waals surface area contributed by atoms with E-state index in [4.69, 9.17) is 0 Å². The fourth-order valence-corrected chi connectivity index (χ4v) is 3.35. The first-order valence-corrected chi connectivity index (χ1v) is 8.63. The molecule has 3 nitrogen and oxygen atoms in total. The average Bonchev–Trinajstić information content (AvgIpc) is 3.03. The summed E-state index contributed by atoms with van der Waals surface area (Å²) in [6.07, 6.45) is -0.433. The van der Waals surface area contributed by atoms with Crippen molar-refractivity contribution in [1.82, 2.24) is 10.2 Å². The van der Waals surface area contributed by atoms with E-state index in [-0.39, 0.29) is 18.3 Å². The quantitative estimate of drug-likeness (QED) is 0.771. The minimum absolute atomic E-state index is 0.0841. The SMILES string of the molecule is O=C1CN(Cc2ccc(-c3ccccc3)cc2)[C@@H](c2ccccc2F)N1. The molecule has 0 spiro atoms. The van der Waals surface area contributed by atoms with Crippen LogP contribution in [-0.2, 0) is 11.3 Å². The summed E-state index contributed by atoms with van der Waals surface area (Å²) in [6.45, 7) is 0.840. The Labute approximate surface area is 152 Å². The van der Waals surface area contributed by atoms with E-state index in [1.54, 1.807) is 18.2 Å². The summed E-state index contributed by atoms with van der Waals surface area (Å²) in [5.74, 6) is -0.386. The van der Waals surface area contributed by atoms with Crippen LogP contribution in [-0.4, -0.2) is 17.4 Å². The van der Waals surface area contributed by atoms with E-state index in [1.165, 1.54) is 11.6 Å². The fraction of sp³-hybridized carbons (Fsp3) is 0.136. The Kier molecular flexibility index (Phi) is 4.50. The standard InChI is InChI=1S/C22H19FN2O/c23-20-9-5-4-8-19(20)22-24-21(26)15-25(22)14-16-10-12-18(13-11-16)17-6-2-1-3-7-17/h1-13,22H,14-15H2,(H,24,26)/t22-/m0/s1. The van der Waals surface area contributed by atoms with Crippen LogP contribution in [0.4, 0.5) is 4.39 Å². The number of carbonyl (C=O) groups is 1. The summed E-state index contributed by atoms with van der Waals surface area (Å²) in [6, 6.07) is 25.0. The maximum atomic E-state index is 14.1. The van der Waals surface area contributed by atoms with Gasteiger partial charge in [0.2, 0.25) is 5.91 Å². The molecule has 4 rings (SSSR count). The monoisotopic (exact) mass is 346 g/mol. The molecule has 0 saturated carbocycles. The molecule has 1 aliphatic rings. The first-order chi connectivity index (χ1) is 12.7. The van der Waals surface area contributed by atoms with Gasteiger partial charge in [-0.3, -0.25) is 9.69 Å². The van der Waals surface area contributed by atoms with Crippen molar-refractivity contribution < 1.29 is 9.18 Å². The molecule has 1 N–H and O–H groups in total. The lowest BCUT2D eigenvalue weighted by Crippen LogP contribution is -2.28. The van der Waals surface area contributed by atoms with Gasteiger partial charge in [-0.1, -0.05) is 72.8 Å². The zero-order valence-corrected chi connectivity index (χ0v) is 14.2. The maximum absolute atomic E-state index is 14.1. The smallest absolute Gasteiger partial charge is 0.235 e. The van der Waals surface area contributed by atoms with E-state index < -0.39 is 6.17 Å². The van der Waals surface area contributed by atoms with Crippen molar-refractivity contribution >= 4 is 5.91 Å². The molecule has 1 fully saturated rings. The second-order valence-corrected chi connectivity index (χ2v) is 6.46. The van der Waals surface area contributed by atoms with Crippen LogP contribution in [0.25, 0.3) is 11.1 Å². The molecule has 3 aromatic rings. The highest BCUT2D eigenvalue weighted by atomic mass is 19.1. The van der Waals surface area contributed by atoms with Crippen molar-refractivity contribution in [3.63, 3.8) is 0 Å². The van der Waals surface area contributed by atoms with Crippen molar-refractivity contribution in [3.05, 3.63) is 95.8 Å². The van der Waals surface area contributed by atoms with Crippen LogP contribution in [0.5, 0.6) is 0 Å². The van der Waals surface area contributed by atoms with Crippen LogP contribution >= 0.6 is 0 Å². The van der Waals surface area contributed by atoms with Gasteiger partial charge in [0.25, 0.3) is 0 Å². The lowest BCUT2D eigenvalue weighted by molar-refractivity contribution is -0.118. The summed E-state index contributed by atoms with van der Waals surface area (Å²) < 4.78 is 14.1. The number of nitrogens with one attached hydrogen (secondary N) is 1. The van der Waals surface area contributed by atoms with Gasteiger partial charge in [0, 0.05) is 12.1 Å². The second-order valence-electron chi connectivity index (χ2n) is 6.46. The fourth-order valence-electron chi connectivity index (χ4n) is 3.35. The molecule has 1 amide bonds. The molecule has 0 unspecified atom stereocenters. The Morgan fingerprint density at radius 2 is 1.54 bits per heavy atom. The first-order valence-electron chi connectivity index (χ1n) is 8.63. The van der Waals surface area contributed by atoms with E-state index in [0.29, 0.717) is 12.1 Å². The summed E-state index contributed by atoms with van der Waals surface area (Å²) in [4.78, 5) is 13.9. The molecule has 4 heteroatoms. The number of halogens is 1. The number of carbonyl (C=O) groups excluding carboxylic acids is 1. The Balaban J connectivity index is 1.54. The molecular formula is C22H19FN2O. The number of hydrogen-bond acceptors (Lipinski definition) is 2. The summed E-state index contributed by atoms with van der Waals surface area (Å²) in [5, 5.41) is 2.87. The summed E-state index contributed by atoms with van der Waals surface area (Å²) in [5.41, 5.74) is 3.90.